The number of alkyl halides is 2. The normalized spacial score (nSPS) is 17.7. The van der Waals surface area contributed by atoms with Gasteiger partial charge in [-0.2, -0.15) is 13.9 Å². The van der Waals surface area contributed by atoms with E-state index in [1.807, 2.05) is 11.1 Å². The highest BCUT2D eigenvalue weighted by Gasteiger charge is 2.35. The van der Waals surface area contributed by atoms with Gasteiger partial charge in [-0.05, 0) is 43.4 Å². The highest BCUT2D eigenvalue weighted by atomic mass is 19.3. The zero-order valence-electron chi connectivity index (χ0n) is 20.9. The summed E-state index contributed by atoms with van der Waals surface area (Å²) in [4.78, 5) is 33.9. The van der Waals surface area contributed by atoms with Crippen LogP contribution < -0.4 is 19.7 Å². The van der Waals surface area contributed by atoms with Crippen LogP contribution in [0.3, 0.4) is 0 Å². The fourth-order valence-corrected chi connectivity index (χ4v) is 4.81. The largest absolute Gasteiger partial charge is 0.496 e. The highest BCUT2D eigenvalue weighted by Crippen LogP contribution is 2.38. The number of piperazine rings is 1. The Bertz CT molecular complexity index is 1380. The van der Waals surface area contributed by atoms with Crippen LogP contribution in [0, 0.1) is 5.92 Å². The number of methoxy groups -OCH3 is 1. The zero-order valence-corrected chi connectivity index (χ0v) is 20.9. The van der Waals surface area contributed by atoms with Gasteiger partial charge in [0.05, 0.1) is 31.4 Å². The lowest BCUT2D eigenvalue weighted by Crippen LogP contribution is -2.49. The minimum atomic E-state index is -3.12. The monoisotopic (exact) mass is 526 g/mol. The Morgan fingerprint density at radius 1 is 1.05 bits per heavy atom. The van der Waals surface area contributed by atoms with Gasteiger partial charge in [0.15, 0.2) is 5.65 Å². The minimum Gasteiger partial charge on any atom is -0.496 e. The number of nitrogens with zero attached hydrogens (tertiary/aromatic N) is 5. The van der Waals surface area contributed by atoms with Crippen LogP contribution in [0.25, 0.3) is 16.8 Å². The molecule has 3 heterocycles. The second-order valence-electron chi connectivity index (χ2n) is 9.90. The van der Waals surface area contributed by atoms with Crippen molar-refractivity contribution in [3.8, 4) is 22.6 Å². The van der Waals surface area contributed by atoms with Gasteiger partial charge in [0.2, 0.25) is 5.91 Å². The molecule has 10 nitrogen and oxygen atoms in total. The van der Waals surface area contributed by atoms with Gasteiger partial charge in [-0.3, -0.25) is 9.59 Å². The lowest BCUT2D eigenvalue weighted by Gasteiger charge is -2.36. The predicted molar refractivity (Wildman–Crippen MR) is 134 cm³/mol. The van der Waals surface area contributed by atoms with Crippen molar-refractivity contribution in [2.45, 2.75) is 38.3 Å². The SMILES string of the molecule is COc1cc(-c2cnn3cc(N4CCN(C(=O)C5CC5)CC4)cnc23)cc(OC(F)F)c1C(=O)NC1CC1. The molecular weight excluding hydrogens is 498 g/mol. The molecule has 200 valence electrons. The molecule has 0 bridgehead atoms. The first-order chi connectivity index (χ1) is 18.4. The first-order valence-corrected chi connectivity index (χ1v) is 12.8. The van der Waals surface area contributed by atoms with Crippen LogP contribution in [-0.4, -0.2) is 77.3 Å². The van der Waals surface area contributed by atoms with Gasteiger partial charge in [-0.25, -0.2) is 9.50 Å². The van der Waals surface area contributed by atoms with E-state index in [9.17, 15) is 18.4 Å². The molecule has 1 aromatic carbocycles. The Labute approximate surface area is 217 Å². The third-order valence-electron chi connectivity index (χ3n) is 7.18. The molecule has 6 rings (SSSR count). The van der Waals surface area contributed by atoms with Crippen LogP contribution in [0.4, 0.5) is 14.5 Å². The Hall–Kier alpha value is -3.96. The lowest BCUT2D eigenvalue weighted by molar-refractivity contribution is -0.132. The molecule has 1 aliphatic heterocycles. The zero-order chi connectivity index (χ0) is 26.4. The molecule has 0 atom stereocenters. The van der Waals surface area contributed by atoms with E-state index in [0.717, 1.165) is 31.4 Å². The van der Waals surface area contributed by atoms with Gasteiger partial charge in [0.25, 0.3) is 5.91 Å². The van der Waals surface area contributed by atoms with Crippen LogP contribution in [0.2, 0.25) is 0 Å². The maximum Gasteiger partial charge on any atom is 0.387 e. The van der Waals surface area contributed by atoms with Gasteiger partial charge in [-0.1, -0.05) is 0 Å². The number of rotatable bonds is 8. The van der Waals surface area contributed by atoms with E-state index in [0.29, 0.717) is 43.0 Å². The first-order valence-electron chi connectivity index (χ1n) is 12.8. The molecule has 2 aromatic heterocycles. The van der Waals surface area contributed by atoms with E-state index in [2.05, 4.69) is 20.3 Å². The number of hydrogen-bond donors (Lipinski definition) is 1. The maximum absolute atomic E-state index is 13.3. The molecule has 1 N–H and O–H groups in total. The molecule has 2 amide bonds. The van der Waals surface area contributed by atoms with Gasteiger partial charge in [0, 0.05) is 43.7 Å². The number of benzene rings is 1. The summed E-state index contributed by atoms with van der Waals surface area (Å²) in [5.74, 6) is -0.202. The molecule has 12 heteroatoms. The standard InChI is InChI=1S/C26H28F2N6O4/c1-37-20-10-16(11-21(38-26(27)28)22(20)24(35)31-17-4-5-17)19-13-30-34-14-18(12-29-23(19)34)32-6-8-33(9-7-32)25(36)15-2-3-15/h10-15,17,26H,2-9H2,1H3,(H,31,35). The molecule has 0 spiro atoms. The number of nitrogens with one attached hydrogen (secondary N) is 1. The summed E-state index contributed by atoms with van der Waals surface area (Å²) in [5.41, 5.74) is 2.36. The summed E-state index contributed by atoms with van der Waals surface area (Å²) in [6, 6.07) is 3.02. The van der Waals surface area contributed by atoms with Crippen LogP contribution in [0.15, 0.2) is 30.7 Å². The number of anilines is 1. The Morgan fingerprint density at radius 2 is 1.79 bits per heavy atom. The molecule has 1 saturated heterocycles. The molecule has 3 aliphatic rings. The van der Waals surface area contributed by atoms with Gasteiger partial charge >= 0.3 is 6.61 Å². The highest BCUT2D eigenvalue weighted by molar-refractivity contribution is 6.01. The van der Waals surface area contributed by atoms with Crippen molar-refractivity contribution in [3.05, 3.63) is 36.3 Å². The molecule has 0 unspecified atom stereocenters. The molecule has 2 aliphatic carbocycles. The van der Waals surface area contributed by atoms with Gasteiger partial charge in [0.1, 0.15) is 17.1 Å². The van der Waals surface area contributed by atoms with Crippen molar-refractivity contribution in [2.75, 3.05) is 38.2 Å². The van der Waals surface area contributed by atoms with Crippen molar-refractivity contribution in [1.29, 1.82) is 0 Å². The Balaban J connectivity index is 1.27. The minimum absolute atomic E-state index is 0.0333. The number of halogens is 2. The average Bonchev–Trinajstić information content (AvgIpc) is 3.85. The molecule has 3 fully saturated rings. The van der Waals surface area contributed by atoms with Crippen LogP contribution in [0.1, 0.15) is 36.0 Å². The fourth-order valence-electron chi connectivity index (χ4n) is 4.81. The quantitative estimate of drug-likeness (QED) is 0.482. The van der Waals surface area contributed by atoms with Crippen LogP contribution in [0.5, 0.6) is 11.5 Å². The molecular formula is C26H28F2N6O4. The third kappa shape index (κ3) is 4.82. The lowest BCUT2D eigenvalue weighted by atomic mass is 10.0. The van der Waals surface area contributed by atoms with Gasteiger partial charge in [-0.15, -0.1) is 0 Å². The van der Waals surface area contributed by atoms with Crippen LogP contribution in [-0.2, 0) is 4.79 Å². The van der Waals surface area contributed by atoms with Crippen molar-refractivity contribution in [2.24, 2.45) is 5.92 Å². The fraction of sp³-hybridized carbons (Fsp3) is 0.462. The number of carbonyl (C=O) groups excluding carboxylic acids is 2. The first kappa shape index (κ1) is 24.4. The smallest absolute Gasteiger partial charge is 0.387 e. The number of fused-ring (bicyclic) bond motifs is 1. The number of carbonyl (C=O) groups is 2. The van der Waals surface area contributed by atoms with E-state index in [-0.39, 0.29) is 34.9 Å². The number of hydrogen-bond acceptors (Lipinski definition) is 7. The average molecular weight is 527 g/mol. The summed E-state index contributed by atoms with van der Waals surface area (Å²) in [7, 11) is 1.37. The third-order valence-corrected chi connectivity index (χ3v) is 7.18. The second-order valence-corrected chi connectivity index (χ2v) is 9.90. The number of ether oxygens (including phenoxy) is 2. The van der Waals surface area contributed by atoms with E-state index in [4.69, 9.17) is 9.47 Å². The van der Waals surface area contributed by atoms with Crippen molar-refractivity contribution in [1.82, 2.24) is 24.8 Å². The van der Waals surface area contributed by atoms with Crippen molar-refractivity contribution < 1.29 is 27.8 Å². The molecule has 3 aromatic rings. The van der Waals surface area contributed by atoms with Crippen molar-refractivity contribution >= 4 is 23.1 Å². The van der Waals surface area contributed by atoms with Crippen molar-refractivity contribution in [3.63, 3.8) is 0 Å². The number of aromatic nitrogens is 3. The Morgan fingerprint density at radius 3 is 2.45 bits per heavy atom. The second kappa shape index (κ2) is 9.73. The summed E-state index contributed by atoms with van der Waals surface area (Å²) in [5, 5.41) is 7.23. The van der Waals surface area contributed by atoms with Crippen LogP contribution >= 0.6 is 0 Å². The van der Waals surface area contributed by atoms with E-state index in [1.165, 1.54) is 13.2 Å². The van der Waals surface area contributed by atoms with Gasteiger partial charge < -0.3 is 24.6 Å². The number of amides is 2. The van der Waals surface area contributed by atoms with E-state index >= 15 is 0 Å². The topological polar surface area (TPSA) is 101 Å². The molecule has 0 radical (unpaired) electrons. The predicted octanol–water partition coefficient (Wildman–Crippen LogP) is 2.96. The van der Waals surface area contributed by atoms with E-state index in [1.54, 1.807) is 23.0 Å². The summed E-state index contributed by atoms with van der Waals surface area (Å²) in [6.07, 6.45) is 8.88. The summed E-state index contributed by atoms with van der Waals surface area (Å²) < 4.78 is 38.4. The summed E-state index contributed by atoms with van der Waals surface area (Å²) >= 11 is 0. The Kier molecular flexibility index (Phi) is 6.24. The van der Waals surface area contributed by atoms with E-state index < -0.39 is 12.5 Å². The molecule has 38 heavy (non-hydrogen) atoms. The molecule has 2 saturated carbocycles. The maximum atomic E-state index is 13.3. The summed E-state index contributed by atoms with van der Waals surface area (Å²) in [6.45, 7) is -0.367.